The number of rotatable bonds is 6. The molecule has 116 valence electrons. The van der Waals surface area contributed by atoms with Gasteiger partial charge < -0.3 is 5.32 Å². The zero-order chi connectivity index (χ0) is 15.9. The zero-order valence-corrected chi connectivity index (χ0v) is 12.6. The number of amides is 1. The maximum Gasteiger partial charge on any atom is 0.232 e. The van der Waals surface area contributed by atoms with Gasteiger partial charge in [0.05, 0.1) is 5.92 Å². The molecule has 3 aromatic rings. The Morgan fingerprint density at radius 2 is 1.61 bits per heavy atom. The van der Waals surface area contributed by atoms with Gasteiger partial charge in [-0.15, -0.1) is 0 Å². The Bertz CT molecular complexity index is 687. The van der Waals surface area contributed by atoms with Crippen molar-refractivity contribution in [2.75, 3.05) is 6.54 Å². The number of carbonyl (C=O) groups is 1. The minimum atomic E-state index is -0.313. The average Bonchev–Trinajstić information content (AvgIpc) is 3.10. The van der Waals surface area contributed by atoms with Gasteiger partial charge in [0.25, 0.3) is 0 Å². The van der Waals surface area contributed by atoms with Gasteiger partial charge in [-0.25, -0.2) is 4.98 Å². The number of benzene rings is 2. The Morgan fingerprint density at radius 1 is 1.00 bits per heavy atom. The van der Waals surface area contributed by atoms with Gasteiger partial charge in [-0.3, -0.25) is 9.89 Å². The standard InChI is InChI=1S/C18H18N4O/c23-18(19-12-11-16-20-13-21-22-16)17(14-7-3-1-4-8-14)15-9-5-2-6-10-15/h1-10,13,17H,11-12H2,(H,19,23)(H,20,21,22). The molecule has 0 bridgehead atoms. The molecule has 5 heteroatoms. The van der Waals surface area contributed by atoms with Crippen molar-refractivity contribution < 1.29 is 4.79 Å². The summed E-state index contributed by atoms with van der Waals surface area (Å²) in [5.74, 6) is 0.440. The van der Waals surface area contributed by atoms with E-state index in [-0.39, 0.29) is 11.8 Å². The molecule has 23 heavy (non-hydrogen) atoms. The van der Waals surface area contributed by atoms with Crippen molar-refractivity contribution in [3.8, 4) is 0 Å². The maximum absolute atomic E-state index is 12.7. The molecule has 3 rings (SSSR count). The van der Waals surface area contributed by atoms with Gasteiger partial charge in [-0.1, -0.05) is 60.7 Å². The van der Waals surface area contributed by atoms with E-state index in [9.17, 15) is 4.79 Å². The average molecular weight is 306 g/mol. The molecule has 1 amide bonds. The van der Waals surface area contributed by atoms with E-state index in [1.54, 1.807) is 0 Å². The molecule has 2 N–H and O–H groups in total. The molecule has 0 saturated carbocycles. The first-order valence-corrected chi connectivity index (χ1v) is 7.56. The first-order valence-electron chi connectivity index (χ1n) is 7.56. The molecule has 0 saturated heterocycles. The molecule has 0 unspecified atom stereocenters. The number of H-pyrrole nitrogens is 1. The van der Waals surface area contributed by atoms with Gasteiger partial charge in [0.2, 0.25) is 5.91 Å². The van der Waals surface area contributed by atoms with Crippen LogP contribution in [0.2, 0.25) is 0 Å². The van der Waals surface area contributed by atoms with E-state index in [2.05, 4.69) is 20.5 Å². The fourth-order valence-corrected chi connectivity index (χ4v) is 2.54. The monoisotopic (exact) mass is 306 g/mol. The molecule has 2 aromatic carbocycles. The second-order valence-electron chi connectivity index (χ2n) is 5.23. The van der Waals surface area contributed by atoms with Crippen LogP contribution in [-0.4, -0.2) is 27.6 Å². The van der Waals surface area contributed by atoms with E-state index in [0.29, 0.717) is 13.0 Å². The predicted molar refractivity (Wildman–Crippen MR) is 87.8 cm³/mol. The highest BCUT2D eigenvalue weighted by atomic mass is 16.1. The Morgan fingerprint density at radius 3 is 2.13 bits per heavy atom. The largest absolute Gasteiger partial charge is 0.355 e. The molecule has 0 aliphatic rings. The SMILES string of the molecule is O=C(NCCc1ncn[nH]1)C(c1ccccc1)c1ccccc1. The molecule has 0 spiro atoms. The summed E-state index contributed by atoms with van der Waals surface area (Å²) in [6.45, 7) is 0.518. The lowest BCUT2D eigenvalue weighted by molar-refractivity contribution is -0.121. The molecule has 0 fully saturated rings. The van der Waals surface area contributed by atoms with Crippen LogP contribution in [0.25, 0.3) is 0 Å². The third-order valence-electron chi connectivity index (χ3n) is 3.65. The summed E-state index contributed by atoms with van der Waals surface area (Å²) in [5, 5.41) is 9.58. The van der Waals surface area contributed by atoms with Crippen molar-refractivity contribution in [3.63, 3.8) is 0 Å². The molecule has 1 heterocycles. The molecule has 0 aliphatic carbocycles. The zero-order valence-electron chi connectivity index (χ0n) is 12.6. The fraction of sp³-hybridized carbons (Fsp3) is 0.167. The number of hydrogen-bond acceptors (Lipinski definition) is 3. The van der Waals surface area contributed by atoms with Crippen LogP contribution in [0.15, 0.2) is 67.0 Å². The molecular formula is C18H18N4O. The Hall–Kier alpha value is -2.95. The summed E-state index contributed by atoms with van der Waals surface area (Å²) in [6.07, 6.45) is 2.09. The van der Waals surface area contributed by atoms with Gasteiger partial charge >= 0.3 is 0 Å². The highest BCUT2D eigenvalue weighted by Gasteiger charge is 2.22. The Kier molecular flexibility index (Phi) is 4.79. The van der Waals surface area contributed by atoms with Crippen molar-refractivity contribution in [1.82, 2.24) is 20.5 Å². The minimum absolute atomic E-state index is 0.0121. The smallest absolute Gasteiger partial charge is 0.232 e. The number of aromatic amines is 1. The minimum Gasteiger partial charge on any atom is -0.355 e. The molecule has 0 atom stereocenters. The molecule has 0 radical (unpaired) electrons. The van der Waals surface area contributed by atoms with E-state index < -0.39 is 0 Å². The molecule has 1 aromatic heterocycles. The summed E-state index contributed by atoms with van der Waals surface area (Å²) < 4.78 is 0. The van der Waals surface area contributed by atoms with E-state index in [1.807, 2.05) is 60.7 Å². The lowest BCUT2D eigenvalue weighted by Gasteiger charge is -2.17. The summed E-state index contributed by atoms with van der Waals surface area (Å²) in [7, 11) is 0. The molecule has 0 aliphatic heterocycles. The van der Waals surface area contributed by atoms with E-state index in [1.165, 1.54) is 6.33 Å². The van der Waals surface area contributed by atoms with Crippen LogP contribution >= 0.6 is 0 Å². The van der Waals surface area contributed by atoms with Crippen LogP contribution in [0.5, 0.6) is 0 Å². The highest BCUT2D eigenvalue weighted by Crippen LogP contribution is 2.24. The van der Waals surface area contributed by atoms with Gasteiger partial charge in [-0.2, -0.15) is 5.10 Å². The lowest BCUT2D eigenvalue weighted by atomic mass is 9.90. The van der Waals surface area contributed by atoms with Crippen LogP contribution in [0.1, 0.15) is 22.9 Å². The van der Waals surface area contributed by atoms with E-state index in [0.717, 1.165) is 17.0 Å². The highest BCUT2D eigenvalue weighted by molar-refractivity contribution is 5.87. The molecular weight excluding hydrogens is 288 g/mol. The number of nitrogens with zero attached hydrogens (tertiary/aromatic N) is 2. The van der Waals surface area contributed by atoms with Crippen molar-refractivity contribution in [2.45, 2.75) is 12.3 Å². The van der Waals surface area contributed by atoms with Crippen molar-refractivity contribution >= 4 is 5.91 Å². The summed E-state index contributed by atoms with van der Waals surface area (Å²) in [5.41, 5.74) is 1.96. The van der Waals surface area contributed by atoms with Gasteiger partial charge in [-0.05, 0) is 11.1 Å². The summed E-state index contributed by atoms with van der Waals surface area (Å²) in [4.78, 5) is 16.8. The van der Waals surface area contributed by atoms with Gasteiger partial charge in [0.1, 0.15) is 12.2 Å². The summed E-state index contributed by atoms with van der Waals surface area (Å²) >= 11 is 0. The van der Waals surface area contributed by atoms with Crippen molar-refractivity contribution in [1.29, 1.82) is 0 Å². The third kappa shape index (κ3) is 3.83. The summed E-state index contributed by atoms with van der Waals surface area (Å²) in [6, 6.07) is 19.6. The number of nitrogens with one attached hydrogen (secondary N) is 2. The first kappa shape index (κ1) is 15.0. The second-order valence-corrected chi connectivity index (χ2v) is 5.23. The fourth-order valence-electron chi connectivity index (χ4n) is 2.54. The van der Waals surface area contributed by atoms with E-state index in [4.69, 9.17) is 0 Å². The number of aromatic nitrogens is 3. The number of hydrogen-bond donors (Lipinski definition) is 2. The van der Waals surface area contributed by atoms with Gasteiger partial charge in [0, 0.05) is 13.0 Å². The maximum atomic E-state index is 12.7. The van der Waals surface area contributed by atoms with Crippen LogP contribution in [0, 0.1) is 0 Å². The van der Waals surface area contributed by atoms with Crippen LogP contribution in [0.4, 0.5) is 0 Å². The Balaban J connectivity index is 1.74. The topological polar surface area (TPSA) is 70.7 Å². The van der Waals surface area contributed by atoms with Crippen LogP contribution in [0.3, 0.4) is 0 Å². The van der Waals surface area contributed by atoms with E-state index >= 15 is 0 Å². The number of carbonyl (C=O) groups excluding carboxylic acids is 1. The predicted octanol–water partition coefficient (Wildman–Crippen LogP) is 2.30. The first-order chi connectivity index (χ1) is 11.3. The van der Waals surface area contributed by atoms with Crippen LogP contribution < -0.4 is 5.32 Å². The van der Waals surface area contributed by atoms with Crippen molar-refractivity contribution in [2.24, 2.45) is 0 Å². The normalized spacial score (nSPS) is 10.7. The second kappa shape index (κ2) is 7.35. The Labute approximate surface area is 134 Å². The van der Waals surface area contributed by atoms with Crippen molar-refractivity contribution in [3.05, 3.63) is 83.9 Å². The van der Waals surface area contributed by atoms with Crippen LogP contribution in [-0.2, 0) is 11.2 Å². The lowest BCUT2D eigenvalue weighted by Crippen LogP contribution is -2.31. The van der Waals surface area contributed by atoms with Gasteiger partial charge in [0.15, 0.2) is 0 Å². The quantitative estimate of drug-likeness (QED) is 0.734. The third-order valence-corrected chi connectivity index (χ3v) is 3.65. The molecule has 5 nitrogen and oxygen atoms in total.